The van der Waals surface area contributed by atoms with E-state index in [0.717, 1.165) is 18.9 Å². The largest absolute Gasteiger partial charge is 0.372 e. The van der Waals surface area contributed by atoms with Crippen LogP contribution in [0.1, 0.15) is 26.7 Å². The molecule has 30 heavy (non-hydrogen) atoms. The molecule has 1 N–H and O–H groups in total. The second kappa shape index (κ2) is 8.14. The summed E-state index contributed by atoms with van der Waals surface area (Å²) in [5.74, 6) is 0.0612. The Kier molecular flexibility index (Phi) is 5.71. The van der Waals surface area contributed by atoms with Gasteiger partial charge in [0.1, 0.15) is 5.82 Å². The zero-order chi connectivity index (χ0) is 21.5. The summed E-state index contributed by atoms with van der Waals surface area (Å²) in [7, 11) is -3.08. The summed E-state index contributed by atoms with van der Waals surface area (Å²) in [5, 5.41) is 2.84. The van der Waals surface area contributed by atoms with E-state index in [-0.39, 0.29) is 54.5 Å². The summed E-state index contributed by atoms with van der Waals surface area (Å²) in [4.78, 5) is 33.2. The van der Waals surface area contributed by atoms with Crippen LogP contribution in [0.3, 0.4) is 0 Å². The number of pyridine rings is 1. The molecule has 10 heteroatoms. The molecule has 0 radical (unpaired) electrons. The molecule has 0 spiro atoms. The quantitative estimate of drug-likeness (QED) is 0.739. The van der Waals surface area contributed by atoms with Gasteiger partial charge in [0.2, 0.25) is 11.8 Å². The van der Waals surface area contributed by atoms with Gasteiger partial charge in [-0.2, -0.15) is 0 Å². The molecule has 0 aromatic carbocycles. The molecule has 1 aromatic rings. The number of carbonyl (C=O) groups excluding carboxylic acids is 2. The Balaban J connectivity index is 1.34. The first kappa shape index (κ1) is 21.0. The fraction of sp³-hybridized carbons (Fsp3) is 0.650. The number of amides is 2. The van der Waals surface area contributed by atoms with Gasteiger partial charge >= 0.3 is 0 Å². The average molecular weight is 437 g/mol. The SMILES string of the molecule is CC1CN(c2ccc(NC(=O)C3CC(=O)N(C4CCS(=O)(=O)C4)C3)cn2)CC(C)O1. The van der Waals surface area contributed by atoms with Crippen LogP contribution in [0.5, 0.6) is 0 Å². The van der Waals surface area contributed by atoms with Crippen molar-refractivity contribution in [2.75, 3.05) is 41.4 Å². The average Bonchev–Trinajstić information content (AvgIpc) is 3.23. The summed E-state index contributed by atoms with van der Waals surface area (Å²) in [5.41, 5.74) is 0.576. The van der Waals surface area contributed by atoms with E-state index in [9.17, 15) is 18.0 Å². The molecule has 9 nitrogen and oxygen atoms in total. The van der Waals surface area contributed by atoms with E-state index in [2.05, 4.69) is 15.2 Å². The number of anilines is 2. The predicted octanol–water partition coefficient (Wildman–Crippen LogP) is 0.669. The van der Waals surface area contributed by atoms with E-state index < -0.39 is 15.8 Å². The van der Waals surface area contributed by atoms with E-state index in [1.807, 2.05) is 26.0 Å². The van der Waals surface area contributed by atoms with Crippen LogP contribution in [-0.4, -0.2) is 79.5 Å². The molecule has 3 aliphatic heterocycles. The Morgan fingerprint density at radius 1 is 1.20 bits per heavy atom. The Bertz CT molecular complexity index is 910. The number of carbonyl (C=O) groups is 2. The lowest BCUT2D eigenvalue weighted by Gasteiger charge is -2.36. The fourth-order valence-corrected chi connectivity index (χ4v) is 6.27. The highest BCUT2D eigenvalue weighted by Gasteiger charge is 2.41. The smallest absolute Gasteiger partial charge is 0.229 e. The number of likely N-dealkylation sites (tertiary alicyclic amines) is 1. The van der Waals surface area contributed by atoms with Crippen molar-refractivity contribution in [3.05, 3.63) is 18.3 Å². The first-order valence-electron chi connectivity index (χ1n) is 10.4. The van der Waals surface area contributed by atoms with Crippen molar-refractivity contribution in [1.82, 2.24) is 9.88 Å². The molecule has 164 valence electrons. The normalized spacial score (nSPS) is 31.2. The maximum Gasteiger partial charge on any atom is 0.229 e. The van der Waals surface area contributed by atoms with Crippen molar-refractivity contribution < 1.29 is 22.7 Å². The number of morpholine rings is 1. The Hall–Kier alpha value is -2.20. The van der Waals surface area contributed by atoms with Crippen LogP contribution in [-0.2, 0) is 24.2 Å². The lowest BCUT2D eigenvalue weighted by Crippen LogP contribution is -2.45. The van der Waals surface area contributed by atoms with Crippen LogP contribution in [0.2, 0.25) is 0 Å². The number of hydrogen-bond acceptors (Lipinski definition) is 7. The predicted molar refractivity (Wildman–Crippen MR) is 112 cm³/mol. The van der Waals surface area contributed by atoms with Gasteiger partial charge in [-0.15, -0.1) is 0 Å². The van der Waals surface area contributed by atoms with Gasteiger partial charge in [-0.25, -0.2) is 13.4 Å². The Morgan fingerprint density at radius 2 is 1.93 bits per heavy atom. The fourth-order valence-electron chi connectivity index (χ4n) is 4.54. The molecule has 1 aromatic heterocycles. The summed E-state index contributed by atoms with van der Waals surface area (Å²) in [6, 6.07) is 3.37. The number of rotatable bonds is 4. The summed E-state index contributed by atoms with van der Waals surface area (Å²) < 4.78 is 29.2. The van der Waals surface area contributed by atoms with E-state index in [4.69, 9.17) is 4.74 Å². The molecular weight excluding hydrogens is 408 g/mol. The monoisotopic (exact) mass is 436 g/mol. The van der Waals surface area contributed by atoms with Gasteiger partial charge < -0.3 is 19.9 Å². The number of hydrogen-bond donors (Lipinski definition) is 1. The minimum absolute atomic E-state index is 0.00274. The first-order chi connectivity index (χ1) is 14.2. The third-order valence-electron chi connectivity index (χ3n) is 5.94. The standard InChI is InChI=1S/C20H28N4O5S/c1-13-9-23(10-14(2)29-13)18-4-3-16(8-21-18)22-20(26)15-7-19(25)24(11-15)17-5-6-30(27,28)12-17/h3-4,8,13-15,17H,5-7,9-12H2,1-2H3,(H,22,26). The molecule has 4 unspecified atom stereocenters. The van der Waals surface area contributed by atoms with Crippen molar-refractivity contribution in [2.24, 2.45) is 5.92 Å². The second-order valence-electron chi connectivity index (χ2n) is 8.56. The molecule has 0 aliphatic carbocycles. The van der Waals surface area contributed by atoms with Crippen molar-refractivity contribution >= 4 is 33.2 Å². The Labute approximate surface area is 176 Å². The third-order valence-corrected chi connectivity index (χ3v) is 7.69. The first-order valence-corrected chi connectivity index (χ1v) is 12.2. The minimum Gasteiger partial charge on any atom is -0.372 e. The maximum absolute atomic E-state index is 12.7. The van der Waals surface area contributed by atoms with Crippen LogP contribution in [0.15, 0.2) is 18.3 Å². The molecule has 2 amide bonds. The van der Waals surface area contributed by atoms with Crippen molar-refractivity contribution in [1.29, 1.82) is 0 Å². The van der Waals surface area contributed by atoms with Crippen molar-refractivity contribution in [3.63, 3.8) is 0 Å². The highest BCUT2D eigenvalue weighted by atomic mass is 32.2. The Morgan fingerprint density at radius 3 is 2.53 bits per heavy atom. The molecular formula is C20H28N4O5S. The van der Waals surface area contributed by atoms with E-state index in [1.165, 1.54) is 0 Å². The van der Waals surface area contributed by atoms with Gasteiger partial charge in [0.05, 0.1) is 41.5 Å². The molecule has 0 bridgehead atoms. The number of aromatic nitrogens is 1. The van der Waals surface area contributed by atoms with Gasteiger partial charge in [-0.3, -0.25) is 9.59 Å². The van der Waals surface area contributed by atoms with Gasteiger partial charge in [0.25, 0.3) is 0 Å². The highest BCUT2D eigenvalue weighted by molar-refractivity contribution is 7.91. The van der Waals surface area contributed by atoms with Crippen LogP contribution in [0.4, 0.5) is 11.5 Å². The molecule has 4 atom stereocenters. The molecule has 4 heterocycles. The topological polar surface area (TPSA) is 109 Å². The lowest BCUT2D eigenvalue weighted by molar-refractivity contribution is -0.129. The molecule has 3 fully saturated rings. The van der Waals surface area contributed by atoms with E-state index >= 15 is 0 Å². The number of nitrogens with zero attached hydrogens (tertiary/aromatic N) is 3. The van der Waals surface area contributed by atoms with E-state index in [0.29, 0.717) is 12.1 Å². The van der Waals surface area contributed by atoms with Crippen LogP contribution in [0.25, 0.3) is 0 Å². The molecule has 0 saturated carbocycles. The molecule has 4 rings (SSSR count). The zero-order valence-corrected chi connectivity index (χ0v) is 18.1. The maximum atomic E-state index is 12.7. The number of sulfone groups is 1. The van der Waals surface area contributed by atoms with Gasteiger partial charge in [0.15, 0.2) is 9.84 Å². The van der Waals surface area contributed by atoms with Gasteiger partial charge in [-0.05, 0) is 32.4 Å². The van der Waals surface area contributed by atoms with Crippen molar-refractivity contribution in [2.45, 2.75) is 44.9 Å². The van der Waals surface area contributed by atoms with Crippen LogP contribution in [0, 0.1) is 5.92 Å². The third kappa shape index (κ3) is 4.59. The van der Waals surface area contributed by atoms with Crippen LogP contribution < -0.4 is 10.2 Å². The summed E-state index contributed by atoms with van der Waals surface area (Å²) >= 11 is 0. The second-order valence-corrected chi connectivity index (χ2v) is 10.8. The van der Waals surface area contributed by atoms with Crippen LogP contribution >= 0.6 is 0 Å². The highest BCUT2D eigenvalue weighted by Crippen LogP contribution is 2.27. The molecule has 3 saturated heterocycles. The lowest BCUT2D eigenvalue weighted by atomic mass is 10.1. The number of ether oxygens (including phenoxy) is 1. The summed E-state index contributed by atoms with van der Waals surface area (Å²) in [6.45, 7) is 5.86. The van der Waals surface area contributed by atoms with Gasteiger partial charge in [-0.1, -0.05) is 0 Å². The minimum atomic E-state index is -3.08. The van der Waals surface area contributed by atoms with E-state index in [1.54, 1.807) is 11.1 Å². The number of nitrogens with one attached hydrogen (secondary N) is 1. The summed E-state index contributed by atoms with van der Waals surface area (Å²) in [6.07, 6.45) is 2.44. The molecule has 3 aliphatic rings. The van der Waals surface area contributed by atoms with Gasteiger partial charge in [0, 0.05) is 32.1 Å². The zero-order valence-electron chi connectivity index (χ0n) is 17.3. The van der Waals surface area contributed by atoms with Crippen molar-refractivity contribution in [3.8, 4) is 0 Å².